The highest BCUT2D eigenvalue weighted by Crippen LogP contribution is 2.23. The van der Waals surface area contributed by atoms with Crippen molar-refractivity contribution in [1.29, 1.82) is 0 Å². The van der Waals surface area contributed by atoms with Gasteiger partial charge >= 0.3 is 0 Å². The minimum absolute atomic E-state index is 0.0231. The van der Waals surface area contributed by atoms with Crippen LogP contribution in [0.3, 0.4) is 0 Å². The summed E-state index contributed by atoms with van der Waals surface area (Å²) < 4.78 is 4.77. The molecular formula is C10H19NO3. The molecule has 2 aliphatic rings. The van der Waals surface area contributed by atoms with Gasteiger partial charge in [0.15, 0.2) is 12.1 Å². The summed E-state index contributed by atoms with van der Waals surface area (Å²) in [4.78, 5) is 3.64. The zero-order valence-electron chi connectivity index (χ0n) is 8.81. The van der Waals surface area contributed by atoms with Gasteiger partial charge in [0.05, 0.1) is 6.10 Å². The highest BCUT2D eigenvalue weighted by molar-refractivity contribution is 5.74. The fourth-order valence-corrected chi connectivity index (χ4v) is 1.66. The summed E-state index contributed by atoms with van der Waals surface area (Å²) in [5.41, 5.74) is 0. The molecule has 1 fully saturated rings. The highest BCUT2D eigenvalue weighted by Gasteiger charge is 2.17. The molecule has 0 aromatic carbocycles. The quantitative estimate of drug-likeness (QED) is 0.612. The first-order valence-electron chi connectivity index (χ1n) is 5.11. The molecule has 0 bridgehead atoms. The van der Waals surface area contributed by atoms with Gasteiger partial charge in [0.1, 0.15) is 6.61 Å². The molecule has 1 saturated carbocycles. The van der Waals surface area contributed by atoms with Crippen LogP contribution >= 0.6 is 0 Å². The van der Waals surface area contributed by atoms with Gasteiger partial charge in [-0.1, -0.05) is 6.92 Å². The van der Waals surface area contributed by atoms with E-state index in [0.717, 1.165) is 18.8 Å². The Hall–Kier alpha value is -0.610. The SMILES string of the molecule is CC1=NC(O)CO1.CC1CCC(O)C1. The zero-order valence-corrected chi connectivity index (χ0v) is 8.81. The Morgan fingerprint density at radius 2 is 2.07 bits per heavy atom. The lowest BCUT2D eigenvalue weighted by molar-refractivity contribution is 0.139. The van der Waals surface area contributed by atoms with Crippen molar-refractivity contribution in [1.82, 2.24) is 0 Å². The molecule has 3 unspecified atom stereocenters. The van der Waals surface area contributed by atoms with E-state index in [9.17, 15) is 0 Å². The highest BCUT2D eigenvalue weighted by atomic mass is 16.5. The molecule has 4 heteroatoms. The Morgan fingerprint density at radius 1 is 1.36 bits per heavy atom. The molecule has 0 amide bonds. The second kappa shape index (κ2) is 5.32. The number of aliphatic imine (C=N–C) groups is 1. The van der Waals surface area contributed by atoms with Crippen molar-refractivity contribution in [2.75, 3.05) is 6.61 Å². The van der Waals surface area contributed by atoms with Crippen LogP contribution in [0.25, 0.3) is 0 Å². The van der Waals surface area contributed by atoms with Gasteiger partial charge in [-0.2, -0.15) is 0 Å². The molecule has 82 valence electrons. The van der Waals surface area contributed by atoms with Crippen molar-refractivity contribution in [3.63, 3.8) is 0 Å². The minimum atomic E-state index is -0.611. The van der Waals surface area contributed by atoms with E-state index in [-0.39, 0.29) is 6.10 Å². The topological polar surface area (TPSA) is 62.1 Å². The van der Waals surface area contributed by atoms with E-state index < -0.39 is 6.23 Å². The van der Waals surface area contributed by atoms with E-state index >= 15 is 0 Å². The second-order valence-electron chi connectivity index (χ2n) is 4.01. The van der Waals surface area contributed by atoms with E-state index in [2.05, 4.69) is 11.9 Å². The van der Waals surface area contributed by atoms with Gasteiger partial charge in [-0.3, -0.25) is 0 Å². The predicted molar refractivity (Wildman–Crippen MR) is 54.1 cm³/mol. The van der Waals surface area contributed by atoms with E-state index in [0.29, 0.717) is 12.5 Å². The van der Waals surface area contributed by atoms with Crippen molar-refractivity contribution < 1.29 is 14.9 Å². The molecule has 0 aromatic rings. The minimum Gasteiger partial charge on any atom is -0.476 e. The van der Waals surface area contributed by atoms with E-state index in [1.165, 1.54) is 6.42 Å². The lowest BCUT2D eigenvalue weighted by atomic mass is 10.1. The summed E-state index contributed by atoms with van der Waals surface area (Å²) in [6.45, 7) is 4.23. The number of rotatable bonds is 0. The molecule has 2 N–H and O–H groups in total. The number of nitrogens with zero attached hydrogens (tertiary/aromatic N) is 1. The van der Waals surface area contributed by atoms with E-state index in [1.807, 2.05) is 0 Å². The van der Waals surface area contributed by atoms with E-state index in [1.54, 1.807) is 6.92 Å². The number of hydrogen-bond donors (Lipinski definition) is 2. The monoisotopic (exact) mass is 201 g/mol. The maximum atomic E-state index is 8.90. The van der Waals surface area contributed by atoms with Crippen LogP contribution in [0.15, 0.2) is 4.99 Å². The van der Waals surface area contributed by atoms with Crippen molar-refractivity contribution in [3.05, 3.63) is 0 Å². The van der Waals surface area contributed by atoms with Crippen molar-refractivity contribution in [3.8, 4) is 0 Å². The van der Waals surface area contributed by atoms with Crippen molar-refractivity contribution >= 4 is 5.90 Å². The molecule has 0 radical (unpaired) electrons. The zero-order chi connectivity index (χ0) is 10.6. The Kier molecular flexibility index (Phi) is 4.35. The van der Waals surface area contributed by atoms with Crippen LogP contribution < -0.4 is 0 Å². The van der Waals surface area contributed by atoms with Crippen LogP contribution in [0, 0.1) is 5.92 Å². The first-order chi connectivity index (χ1) is 6.58. The average Bonchev–Trinajstić information content (AvgIpc) is 2.63. The Labute approximate surface area is 84.6 Å². The van der Waals surface area contributed by atoms with Gasteiger partial charge < -0.3 is 14.9 Å². The second-order valence-corrected chi connectivity index (χ2v) is 4.01. The molecular weight excluding hydrogens is 182 g/mol. The van der Waals surface area contributed by atoms with Crippen LogP contribution in [-0.4, -0.2) is 35.0 Å². The van der Waals surface area contributed by atoms with Gasteiger partial charge in [0, 0.05) is 6.92 Å². The maximum Gasteiger partial charge on any atom is 0.183 e. The Bertz CT molecular complexity index is 198. The van der Waals surface area contributed by atoms with Gasteiger partial charge in [-0.15, -0.1) is 0 Å². The number of aliphatic hydroxyl groups excluding tert-OH is 2. The largest absolute Gasteiger partial charge is 0.476 e. The average molecular weight is 201 g/mol. The summed E-state index contributed by atoms with van der Waals surface area (Å²) >= 11 is 0. The normalized spacial score (nSPS) is 35.7. The van der Waals surface area contributed by atoms with Crippen molar-refractivity contribution in [2.24, 2.45) is 10.9 Å². The third-order valence-electron chi connectivity index (χ3n) is 2.44. The van der Waals surface area contributed by atoms with Gasteiger partial charge in [-0.05, 0) is 25.2 Å². The third-order valence-corrected chi connectivity index (χ3v) is 2.44. The van der Waals surface area contributed by atoms with Gasteiger partial charge in [0.25, 0.3) is 0 Å². The summed E-state index contributed by atoms with van der Waals surface area (Å²) in [7, 11) is 0. The van der Waals surface area contributed by atoms with Crippen LogP contribution in [0.1, 0.15) is 33.1 Å². The molecule has 0 saturated heterocycles. The first kappa shape index (κ1) is 11.5. The Morgan fingerprint density at radius 3 is 2.21 bits per heavy atom. The fraction of sp³-hybridized carbons (Fsp3) is 0.900. The number of hydrogen-bond acceptors (Lipinski definition) is 4. The van der Waals surface area contributed by atoms with Crippen LogP contribution in [0.5, 0.6) is 0 Å². The van der Waals surface area contributed by atoms with Gasteiger partial charge in [-0.25, -0.2) is 4.99 Å². The third kappa shape index (κ3) is 4.07. The summed E-state index contributed by atoms with van der Waals surface area (Å²) in [5.74, 6) is 1.35. The first-order valence-corrected chi connectivity index (χ1v) is 5.11. The molecule has 4 nitrogen and oxygen atoms in total. The lowest BCUT2D eigenvalue weighted by Crippen LogP contribution is -2.02. The van der Waals surface area contributed by atoms with Crippen LogP contribution in [-0.2, 0) is 4.74 Å². The summed E-state index contributed by atoms with van der Waals surface area (Å²) in [6, 6.07) is 0. The standard InChI is InChI=1S/C6H12O.C4H7NO2/c1-5-2-3-6(7)4-5;1-3-5-4(6)2-7-3/h5-7H,2-4H2,1H3;4,6H,2H2,1H3. The lowest BCUT2D eigenvalue weighted by Gasteiger charge is -1.95. The predicted octanol–water partition coefficient (Wildman–Crippen LogP) is 0.921. The van der Waals surface area contributed by atoms with Gasteiger partial charge in [0.2, 0.25) is 0 Å². The number of ether oxygens (including phenoxy) is 1. The summed E-state index contributed by atoms with van der Waals surface area (Å²) in [6.07, 6.45) is 2.69. The van der Waals surface area contributed by atoms with Crippen molar-refractivity contribution in [2.45, 2.75) is 45.4 Å². The molecule has 0 aromatic heterocycles. The van der Waals surface area contributed by atoms with Crippen LogP contribution in [0.4, 0.5) is 0 Å². The smallest absolute Gasteiger partial charge is 0.183 e. The number of aliphatic hydroxyl groups is 2. The molecule has 3 atom stereocenters. The summed E-state index contributed by atoms with van der Waals surface area (Å²) in [5, 5.41) is 17.5. The molecule has 14 heavy (non-hydrogen) atoms. The molecule has 1 aliphatic heterocycles. The fourth-order valence-electron chi connectivity index (χ4n) is 1.66. The molecule has 2 rings (SSSR count). The Balaban J connectivity index is 0.000000140. The maximum absolute atomic E-state index is 8.90. The molecule has 1 aliphatic carbocycles. The van der Waals surface area contributed by atoms with E-state index in [4.69, 9.17) is 14.9 Å². The molecule has 0 spiro atoms. The van der Waals surface area contributed by atoms with Crippen LogP contribution in [0.2, 0.25) is 0 Å². The molecule has 1 heterocycles.